The first-order valence-corrected chi connectivity index (χ1v) is 5.53. The van der Waals surface area contributed by atoms with Gasteiger partial charge >= 0.3 is 5.97 Å². The van der Waals surface area contributed by atoms with Crippen molar-refractivity contribution in [3.05, 3.63) is 42.1 Å². The molecule has 0 aliphatic rings. The summed E-state index contributed by atoms with van der Waals surface area (Å²) in [5, 5.41) is 8.77. The number of aromatic nitrogens is 2. The Morgan fingerprint density at radius 2 is 2.17 bits per heavy atom. The van der Waals surface area contributed by atoms with Gasteiger partial charge in [-0.1, -0.05) is 0 Å². The molecular formula is C12H13N3O3. The van der Waals surface area contributed by atoms with Crippen molar-refractivity contribution in [3.8, 4) is 0 Å². The summed E-state index contributed by atoms with van der Waals surface area (Å²) in [5.41, 5.74) is 0.0767. The van der Waals surface area contributed by atoms with Crippen molar-refractivity contribution >= 4 is 11.9 Å². The van der Waals surface area contributed by atoms with Gasteiger partial charge in [-0.3, -0.25) is 0 Å². The number of nitrogens with zero attached hydrogens (tertiary/aromatic N) is 3. The monoisotopic (exact) mass is 247 g/mol. The van der Waals surface area contributed by atoms with Gasteiger partial charge in [0.05, 0.1) is 18.4 Å². The number of furan rings is 1. The first-order chi connectivity index (χ1) is 8.70. The van der Waals surface area contributed by atoms with E-state index in [-0.39, 0.29) is 5.56 Å². The normalized spacial score (nSPS) is 10.3. The van der Waals surface area contributed by atoms with Crippen LogP contribution in [0.15, 0.2) is 35.2 Å². The molecular weight excluding hydrogens is 234 g/mol. The molecule has 6 nitrogen and oxygen atoms in total. The van der Waals surface area contributed by atoms with E-state index >= 15 is 0 Å². The number of carboxylic acids is 1. The largest absolute Gasteiger partial charge is 0.478 e. The average molecular weight is 247 g/mol. The summed E-state index contributed by atoms with van der Waals surface area (Å²) in [6, 6.07) is 3.69. The SMILES string of the molecule is CCN(Cc1ccco1)c1ncc(C(=O)O)cn1. The molecule has 0 aliphatic heterocycles. The standard InChI is InChI=1S/C12H13N3O3/c1-2-15(8-10-4-3-5-18-10)12-13-6-9(7-14-12)11(16)17/h3-7H,2,8H2,1H3,(H,16,17). The molecule has 0 radical (unpaired) electrons. The highest BCUT2D eigenvalue weighted by Gasteiger charge is 2.11. The molecule has 2 heterocycles. The van der Waals surface area contributed by atoms with Gasteiger partial charge in [0.1, 0.15) is 5.76 Å². The number of hydrogen-bond acceptors (Lipinski definition) is 5. The van der Waals surface area contributed by atoms with Crippen LogP contribution in [0.2, 0.25) is 0 Å². The van der Waals surface area contributed by atoms with Crippen molar-refractivity contribution in [2.24, 2.45) is 0 Å². The molecule has 2 aromatic heterocycles. The minimum Gasteiger partial charge on any atom is -0.478 e. The predicted octanol–water partition coefficient (Wildman–Crippen LogP) is 1.79. The molecule has 0 aliphatic carbocycles. The molecule has 2 aromatic rings. The first kappa shape index (κ1) is 12.1. The molecule has 0 aromatic carbocycles. The molecule has 0 saturated carbocycles. The maximum atomic E-state index is 10.7. The third-order valence-corrected chi connectivity index (χ3v) is 2.48. The Labute approximate surface area is 104 Å². The Balaban J connectivity index is 2.14. The first-order valence-electron chi connectivity index (χ1n) is 5.53. The number of rotatable bonds is 5. The van der Waals surface area contributed by atoms with Crippen molar-refractivity contribution in [3.63, 3.8) is 0 Å². The van der Waals surface area contributed by atoms with Gasteiger partial charge in [0.15, 0.2) is 0 Å². The smallest absolute Gasteiger partial charge is 0.338 e. The Morgan fingerprint density at radius 1 is 1.44 bits per heavy atom. The van der Waals surface area contributed by atoms with Crippen LogP contribution < -0.4 is 4.90 Å². The second kappa shape index (κ2) is 5.31. The molecule has 18 heavy (non-hydrogen) atoms. The van der Waals surface area contributed by atoms with E-state index in [9.17, 15) is 4.79 Å². The molecule has 0 fully saturated rings. The van der Waals surface area contributed by atoms with Crippen LogP contribution in [0.5, 0.6) is 0 Å². The maximum Gasteiger partial charge on any atom is 0.338 e. The zero-order valence-corrected chi connectivity index (χ0v) is 9.91. The second-order valence-corrected chi connectivity index (χ2v) is 3.67. The van der Waals surface area contributed by atoms with Crippen LogP contribution in [-0.4, -0.2) is 27.6 Å². The molecule has 0 atom stereocenters. The average Bonchev–Trinajstić information content (AvgIpc) is 2.89. The Bertz CT molecular complexity index is 508. The van der Waals surface area contributed by atoms with Crippen molar-refractivity contribution in [1.82, 2.24) is 9.97 Å². The van der Waals surface area contributed by atoms with E-state index in [0.29, 0.717) is 19.0 Å². The zero-order valence-electron chi connectivity index (χ0n) is 9.91. The molecule has 0 bridgehead atoms. The van der Waals surface area contributed by atoms with Crippen LogP contribution in [0.1, 0.15) is 23.0 Å². The number of carbonyl (C=O) groups is 1. The van der Waals surface area contributed by atoms with Gasteiger partial charge < -0.3 is 14.4 Å². The zero-order chi connectivity index (χ0) is 13.0. The minimum atomic E-state index is -1.03. The van der Waals surface area contributed by atoms with E-state index in [1.54, 1.807) is 6.26 Å². The van der Waals surface area contributed by atoms with Crippen molar-refractivity contribution in [2.45, 2.75) is 13.5 Å². The summed E-state index contributed by atoms with van der Waals surface area (Å²) in [5.74, 6) is 0.261. The van der Waals surface area contributed by atoms with Gasteiger partial charge in [0, 0.05) is 18.9 Å². The van der Waals surface area contributed by atoms with Crippen LogP contribution >= 0.6 is 0 Å². The molecule has 1 N–H and O–H groups in total. The number of hydrogen-bond donors (Lipinski definition) is 1. The van der Waals surface area contributed by atoms with Crippen LogP contribution in [0.3, 0.4) is 0 Å². The minimum absolute atomic E-state index is 0.0767. The summed E-state index contributed by atoms with van der Waals surface area (Å²) in [4.78, 5) is 20.7. The fraction of sp³-hybridized carbons (Fsp3) is 0.250. The summed E-state index contributed by atoms with van der Waals surface area (Å²) in [7, 11) is 0. The van der Waals surface area contributed by atoms with E-state index in [0.717, 1.165) is 5.76 Å². The molecule has 2 rings (SSSR count). The third-order valence-electron chi connectivity index (χ3n) is 2.48. The Morgan fingerprint density at radius 3 is 2.67 bits per heavy atom. The summed E-state index contributed by atoms with van der Waals surface area (Å²) in [6.07, 6.45) is 4.21. The van der Waals surface area contributed by atoms with E-state index in [2.05, 4.69) is 9.97 Å². The van der Waals surface area contributed by atoms with Crippen molar-refractivity contribution in [1.29, 1.82) is 0 Å². The lowest BCUT2D eigenvalue weighted by atomic mass is 10.3. The van der Waals surface area contributed by atoms with Gasteiger partial charge in [-0.15, -0.1) is 0 Å². The lowest BCUT2D eigenvalue weighted by molar-refractivity contribution is 0.0696. The lowest BCUT2D eigenvalue weighted by Crippen LogP contribution is -2.24. The molecule has 0 amide bonds. The quantitative estimate of drug-likeness (QED) is 0.867. The highest BCUT2D eigenvalue weighted by Crippen LogP contribution is 2.12. The summed E-state index contributed by atoms with van der Waals surface area (Å²) >= 11 is 0. The highest BCUT2D eigenvalue weighted by molar-refractivity contribution is 5.86. The Kier molecular flexibility index (Phi) is 3.57. The lowest BCUT2D eigenvalue weighted by Gasteiger charge is -2.19. The van der Waals surface area contributed by atoms with Crippen LogP contribution in [-0.2, 0) is 6.54 Å². The number of carboxylic acid groups (broad SMARTS) is 1. The summed E-state index contributed by atoms with van der Waals surface area (Å²) in [6.45, 7) is 3.22. The molecule has 6 heteroatoms. The van der Waals surface area contributed by atoms with Gasteiger partial charge in [-0.25, -0.2) is 14.8 Å². The third kappa shape index (κ3) is 2.65. The fourth-order valence-corrected chi connectivity index (χ4v) is 1.51. The molecule has 0 unspecified atom stereocenters. The van der Waals surface area contributed by atoms with Gasteiger partial charge in [-0.2, -0.15) is 0 Å². The fourth-order valence-electron chi connectivity index (χ4n) is 1.51. The Hall–Kier alpha value is -2.37. The number of anilines is 1. The molecule has 0 saturated heterocycles. The van der Waals surface area contributed by atoms with Crippen LogP contribution in [0.25, 0.3) is 0 Å². The van der Waals surface area contributed by atoms with E-state index in [1.807, 2.05) is 24.0 Å². The predicted molar refractivity (Wildman–Crippen MR) is 64.4 cm³/mol. The van der Waals surface area contributed by atoms with E-state index < -0.39 is 5.97 Å². The second-order valence-electron chi connectivity index (χ2n) is 3.67. The molecule has 0 spiro atoms. The van der Waals surface area contributed by atoms with Gasteiger partial charge in [0.25, 0.3) is 0 Å². The van der Waals surface area contributed by atoms with Crippen molar-refractivity contribution in [2.75, 3.05) is 11.4 Å². The van der Waals surface area contributed by atoms with Crippen LogP contribution in [0.4, 0.5) is 5.95 Å². The van der Waals surface area contributed by atoms with E-state index in [4.69, 9.17) is 9.52 Å². The van der Waals surface area contributed by atoms with E-state index in [1.165, 1.54) is 12.4 Å². The summed E-state index contributed by atoms with van der Waals surface area (Å²) < 4.78 is 5.26. The molecule has 94 valence electrons. The van der Waals surface area contributed by atoms with Gasteiger partial charge in [-0.05, 0) is 19.1 Å². The number of aromatic carboxylic acids is 1. The highest BCUT2D eigenvalue weighted by atomic mass is 16.4. The van der Waals surface area contributed by atoms with Gasteiger partial charge in [0.2, 0.25) is 5.95 Å². The van der Waals surface area contributed by atoms with Crippen LogP contribution in [0, 0.1) is 0 Å². The topological polar surface area (TPSA) is 79.5 Å². The van der Waals surface area contributed by atoms with Crippen molar-refractivity contribution < 1.29 is 14.3 Å². The maximum absolute atomic E-state index is 10.7.